The van der Waals surface area contributed by atoms with Crippen molar-refractivity contribution in [3.05, 3.63) is 88.7 Å². The largest absolute Gasteiger partial charge is 0.323 e. The SMILES string of the molecule is Cc1ccc(NC(=O)Nc2ccccc2)cc1NC(=O)c1ccc(F)cc1Cl. The Morgan fingerprint density at radius 2 is 1.57 bits per heavy atom. The molecule has 7 heteroatoms. The Kier molecular flexibility index (Phi) is 5.91. The second-order valence-corrected chi connectivity index (χ2v) is 6.46. The van der Waals surface area contributed by atoms with Crippen molar-refractivity contribution in [2.45, 2.75) is 6.92 Å². The fourth-order valence-corrected chi connectivity index (χ4v) is 2.77. The number of hydrogen-bond acceptors (Lipinski definition) is 2. The van der Waals surface area contributed by atoms with Crippen LogP contribution in [0.4, 0.5) is 26.2 Å². The molecule has 0 saturated heterocycles. The smallest absolute Gasteiger partial charge is 0.322 e. The Bertz CT molecular complexity index is 1030. The highest BCUT2D eigenvalue weighted by molar-refractivity contribution is 6.34. The van der Waals surface area contributed by atoms with Gasteiger partial charge in [0.25, 0.3) is 5.91 Å². The van der Waals surface area contributed by atoms with Gasteiger partial charge in [-0.05, 0) is 55.0 Å². The van der Waals surface area contributed by atoms with Crippen molar-refractivity contribution >= 4 is 40.6 Å². The summed E-state index contributed by atoms with van der Waals surface area (Å²) in [4.78, 5) is 24.6. The van der Waals surface area contributed by atoms with Crippen molar-refractivity contribution in [3.8, 4) is 0 Å². The summed E-state index contributed by atoms with van der Waals surface area (Å²) in [5.74, 6) is -0.993. The van der Waals surface area contributed by atoms with Crippen LogP contribution in [0.5, 0.6) is 0 Å². The number of nitrogens with one attached hydrogen (secondary N) is 3. The van der Waals surface area contributed by atoms with Crippen molar-refractivity contribution in [2.75, 3.05) is 16.0 Å². The molecule has 0 bridgehead atoms. The number of para-hydroxylation sites is 1. The van der Waals surface area contributed by atoms with E-state index in [2.05, 4.69) is 16.0 Å². The Morgan fingerprint density at radius 1 is 0.857 bits per heavy atom. The van der Waals surface area contributed by atoms with Gasteiger partial charge in [-0.3, -0.25) is 4.79 Å². The zero-order valence-corrected chi connectivity index (χ0v) is 15.7. The van der Waals surface area contributed by atoms with E-state index in [-0.39, 0.29) is 10.6 Å². The van der Waals surface area contributed by atoms with Crippen LogP contribution in [0.15, 0.2) is 66.7 Å². The molecule has 0 fully saturated rings. The Morgan fingerprint density at radius 3 is 2.29 bits per heavy atom. The summed E-state index contributed by atoms with van der Waals surface area (Å²) in [7, 11) is 0. The molecule has 0 atom stereocenters. The molecular formula is C21H17ClFN3O2. The third kappa shape index (κ3) is 4.86. The molecule has 3 aromatic rings. The molecule has 0 saturated carbocycles. The molecule has 0 aliphatic heterocycles. The molecule has 0 radical (unpaired) electrons. The van der Waals surface area contributed by atoms with E-state index < -0.39 is 17.8 Å². The normalized spacial score (nSPS) is 10.2. The standard InChI is InChI=1S/C21H17ClFN3O2/c1-13-7-9-16(25-21(28)24-15-5-3-2-4-6-15)12-19(13)26-20(27)17-10-8-14(23)11-18(17)22/h2-12H,1H3,(H,26,27)(H2,24,25,28). The monoisotopic (exact) mass is 397 g/mol. The van der Waals surface area contributed by atoms with Gasteiger partial charge in [0.05, 0.1) is 10.6 Å². The number of carbonyl (C=O) groups is 2. The van der Waals surface area contributed by atoms with Crippen LogP contribution >= 0.6 is 11.6 Å². The van der Waals surface area contributed by atoms with E-state index in [0.29, 0.717) is 17.1 Å². The number of carbonyl (C=O) groups excluding carboxylic acids is 2. The highest BCUT2D eigenvalue weighted by Gasteiger charge is 2.13. The zero-order valence-electron chi connectivity index (χ0n) is 14.9. The molecule has 0 spiro atoms. The van der Waals surface area contributed by atoms with Crippen LogP contribution in [0, 0.1) is 12.7 Å². The Labute approximate surface area is 166 Å². The van der Waals surface area contributed by atoms with E-state index >= 15 is 0 Å². The van der Waals surface area contributed by atoms with Gasteiger partial charge in [0, 0.05) is 17.1 Å². The second-order valence-electron chi connectivity index (χ2n) is 6.05. The van der Waals surface area contributed by atoms with Crippen LogP contribution in [0.25, 0.3) is 0 Å². The number of amides is 3. The summed E-state index contributed by atoms with van der Waals surface area (Å²) in [6.07, 6.45) is 0. The summed E-state index contributed by atoms with van der Waals surface area (Å²) in [5, 5.41) is 8.18. The first-order valence-corrected chi connectivity index (χ1v) is 8.80. The maximum Gasteiger partial charge on any atom is 0.323 e. The van der Waals surface area contributed by atoms with E-state index in [0.717, 1.165) is 11.6 Å². The minimum absolute atomic E-state index is 0.0201. The molecule has 0 unspecified atom stereocenters. The first-order chi connectivity index (χ1) is 13.4. The zero-order chi connectivity index (χ0) is 20.1. The number of urea groups is 1. The molecule has 3 rings (SSSR count). The summed E-state index contributed by atoms with van der Waals surface area (Å²) in [5.41, 5.74) is 2.61. The fraction of sp³-hybridized carbons (Fsp3) is 0.0476. The minimum atomic E-state index is -0.520. The summed E-state index contributed by atoms with van der Waals surface area (Å²) >= 11 is 5.94. The number of hydrogen-bond donors (Lipinski definition) is 3. The lowest BCUT2D eigenvalue weighted by molar-refractivity contribution is 0.102. The highest BCUT2D eigenvalue weighted by atomic mass is 35.5. The van der Waals surface area contributed by atoms with E-state index in [4.69, 9.17) is 11.6 Å². The van der Waals surface area contributed by atoms with E-state index in [9.17, 15) is 14.0 Å². The predicted octanol–water partition coefficient (Wildman–Crippen LogP) is 5.68. The molecule has 0 aliphatic rings. The van der Waals surface area contributed by atoms with Crippen LogP contribution < -0.4 is 16.0 Å². The van der Waals surface area contributed by atoms with Crippen molar-refractivity contribution in [2.24, 2.45) is 0 Å². The molecule has 5 nitrogen and oxygen atoms in total. The molecule has 3 aromatic carbocycles. The van der Waals surface area contributed by atoms with Gasteiger partial charge in [0.15, 0.2) is 0 Å². The Hall–Kier alpha value is -3.38. The number of aryl methyl sites for hydroxylation is 1. The summed E-state index contributed by atoms with van der Waals surface area (Å²) < 4.78 is 13.2. The summed E-state index contributed by atoms with van der Waals surface area (Å²) in [6.45, 7) is 1.82. The van der Waals surface area contributed by atoms with Crippen molar-refractivity contribution in [3.63, 3.8) is 0 Å². The van der Waals surface area contributed by atoms with Crippen LogP contribution in [-0.2, 0) is 0 Å². The number of halogens is 2. The van der Waals surface area contributed by atoms with Gasteiger partial charge >= 0.3 is 6.03 Å². The van der Waals surface area contributed by atoms with Gasteiger partial charge in [0.1, 0.15) is 5.82 Å². The van der Waals surface area contributed by atoms with Gasteiger partial charge in [-0.25, -0.2) is 9.18 Å². The molecule has 3 amide bonds. The molecule has 0 aliphatic carbocycles. The average molecular weight is 398 g/mol. The van der Waals surface area contributed by atoms with Gasteiger partial charge < -0.3 is 16.0 Å². The van der Waals surface area contributed by atoms with E-state index in [1.54, 1.807) is 30.3 Å². The third-order valence-electron chi connectivity index (χ3n) is 3.95. The van der Waals surface area contributed by atoms with Crippen molar-refractivity contribution < 1.29 is 14.0 Å². The van der Waals surface area contributed by atoms with Crippen LogP contribution in [0.1, 0.15) is 15.9 Å². The number of rotatable bonds is 4. The van der Waals surface area contributed by atoms with Crippen molar-refractivity contribution in [1.82, 2.24) is 0 Å². The lowest BCUT2D eigenvalue weighted by Gasteiger charge is -2.13. The van der Waals surface area contributed by atoms with Gasteiger partial charge in [-0.1, -0.05) is 35.9 Å². The molecule has 0 aromatic heterocycles. The lowest BCUT2D eigenvalue weighted by Crippen LogP contribution is -2.19. The van der Waals surface area contributed by atoms with Gasteiger partial charge in [-0.2, -0.15) is 0 Å². The predicted molar refractivity (Wildman–Crippen MR) is 110 cm³/mol. The maximum absolute atomic E-state index is 13.2. The van der Waals surface area contributed by atoms with Crippen LogP contribution in [0.3, 0.4) is 0 Å². The van der Waals surface area contributed by atoms with Crippen LogP contribution in [0.2, 0.25) is 5.02 Å². The van der Waals surface area contributed by atoms with Crippen molar-refractivity contribution in [1.29, 1.82) is 0 Å². The molecule has 0 heterocycles. The minimum Gasteiger partial charge on any atom is -0.322 e. The highest BCUT2D eigenvalue weighted by Crippen LogP contribution is 2.23. The lowest BCUT2D eigenvalue weighted by atomic mass is 10.1. The number of anilines is 3. The Balaban J connectivity index is 1.72. The van der Waals surface area contributed by atoms with Crippen LogP contribution in [-0.4, -0.2) is 11.9 Å². The second kappa shape index (κ2) is 8.54. The average Bonchev–Trinajstić information content (AvgIpc) is 2.65. The molecule has 142 valence electrons. The molecule has 3 N–H and O–H groups in total. The molecular weight excluding hydrogens is 381 g/mol. The van der Waals surface area contributed by atoms with Gasteiger partial charge in [0.2, 0.25) is 0 Å². The quantitative estimate of drug-likeness (QED) is 0.529. The topological polar surface area (TPSA) is 70.2 Å². The first kappa shape index (κ1) is 19.4. The van der Waals surface area contributed by atoms with Gasteiger partial charge in [-0.15, -0.1) is 0 Å². The van der Waals surface area contributed by atoms with E-state index in [1.165, 1.54) is 12.1 Å². The maximum atomic E-state index is 13.2. The van der Waals surface area contributed by atoms with E-state index in [1.807, 2.05) is 25.1 Å². The third-order valence-corrected chi connectivity index (χ3v) is 4.26. The first-order valence-electron chi connectivity index (χ1n) is 8.42. The molecule has 28 heavy (non-hydrogen) atoms. The summed E-state index contributed by atoms with van der Waals surface area (Å²) in [6, 6.07) is 17.3. The number of benzene rings is 3. The fourth-order valence-electron chi connectivity index (χ4n) is 2.51.